The largest absolute Gasteiger partial charge is 0.347 e. The van der Waals surface area contributed by atoms with Gasteiger partial charge in [0.15, 0.2) is 0 Å². The minimum absolute atomic E-state index is 0.0596. The van der Waals surface area contributed by atoms with Crippen molar-refractivity contribution in [2.45, 2.75) is 65.5 Å². The van der Waals surface area contributed by atoms with E-state index in [0.29, 0.717) is 12.8 Å². The number of carbonyl (C=O) groups is 4. The Kier molecular flexibility index (Phi) is 10.5. The second kappa shape index (κ2) is 10.5. The van der Waals surface area contributed by atoms with Gasteiger partial charge in [-0.2, -0.15) is 0 Å². The molecule has 0 aromatic rings. The van der Waals surface area contributed by atoms with Gasteiger partial charge in [-0.25, -0.2) is 0 Å². The third-order valence-corrected chi connectivity index (χ3v) is 2.68. The summed E-state index contributed by atoms with van der Waals surface area (Å²) in [6.45, 7) is 16.9. The van der Waals surface area contributed by atoms with Crippen molar-refractivity contribution < 1.29 is 19.2 Å². The predicted octanol–water partition coefficient (Wildman–Crippen LogP) is 2.09. The van der Waals surface area contributed by atoms with E-state index in [4.69, 9.17) is 0 Å². The fourth-order valence-electron chi connectivity index (χ4n) is 2.10. The maximum Gasteiger partial charge on any atom is 0.243 e. The van der Waals surface area contributed by atoms with Crippen molar-refractivity contribution in [3.05, 3.63) is 25.3 Å². The number of amides is 2. The number of nitrogens with one attached hydrogen (secondary N) is 2. The standard InChI is InChI=1S/2C9H15NO2/c2*1-5-8(12)10-9(3,4)6-7(2)11/h2*5H,1,6H2,2-4H3,(H,10,12). The molecule has 2 N–H and O–H groups in total. The SMILES string of the molecule is C=CC(=O)NC(C)(C)CC(C)=O.C=CC(=O)NC(C)(C)CC(C)=O. The summed E-state index contributed by atoms with van der Waals surface area (Å²) in [7, 11) is 0. The van der Waals surface area contributed by atoms with Crippen molar-refractivity contribution in [2.24, 2.45) is 0 Å². The number of rotatable bonds is 8. The number of Topliss-reactive ketones (excluding diaryl/α,β-unsaturated/α-hetero) is 2. The van der Waals surface area contributed by atoms with Crippen LogP contribution in [0, 0.1) is 0 Å². The Morgan fingerprint density at radius 3 is 1.17 bits per heavy atom. The van der Waals surface area contributed by atoms with Crippen molar-refractivity contribution in [3.8, 4) is 0 Å². The molecule has 0 bridgehead atoms. The summed E-state index contributed by atoms with van der Waals surface area (Å²) in [5, 5.41) is 5.32. The highest BCUT2D eigenvalue weighted by molar-refractivity contribution is 5.88. The van der Waals surface area contributed by atoms with E-state index in [0.717, 1.165) is 0 Å². The zero-order valence-corrected chi connectivity index (χ0v) is 15.6. The van der Waals surface area contributed by atoms with Gasteiger partial charge < -0.3 is 10.6 Å². The van der Waals surface area contributed by atoms with Gasteiger partial charge in [0.25, 0.3) is 0 Å². The van der Waals surface area contributed by atoms with Gasteiger partial charge in [-0.1, -0.05) is 13.2 Å². The number of hydrogen-bond acceptors (Lipinski definition) is 4. The maximum absolute atomic E-state index is 10.9. The molecule has 0 aromatic heterocycles. The molecule has 0 radical (unpaired) electrons. The summed E-state index contributed by atoms with van der Waals surface area (Å²) in [6.07, 6.45) is 3.07. The van der Waals surface area contributed by atoms with Crippen LogP contribution >= 0.6 is 0 Å². The van der Waals surface area contributed by atoms with E-state index in [1.165, 1.54) is 26.0 Å². The molecule has 0 saturated carbocycles. The van der Waals surface area contributed by atoms with Gasteiger partial charge in [0, 0.05) is 23.9 Å². The van der Waals surface area contributed by atoms with Crippen LogP contribution in [0.15, 0.2) is 25.3 Å². The van der Waals surface area contributed by atoms with Crippen molar-refractivity contribution in [2.75, 3.05) is 0 Å². The summed E-state index contributed by atoms with van der Waals surface area (Å²) in [5.74, 6) is -0.378. The van der Waals surface area contributed by atoms with Crippen molar-refractivity contribution in [3.63, 3.8) is 0 Å². The molecule has 24 heavy (non-hydrogen) atoms. The van der Waals surface area contributed by atoms with Gasteiger partial charge in [0.05, 0.1) is 0 Å². The molecule has 0 aromatic carbocycles. The molecule has 2 amide bonds. The first kappa shape index (κ1) is 24.0. The maximum atomic E-state index is 10.9. The lowest BCUT2D eigenvalue weighted by atomic mass is 9.98. The van der Waals surface area contributed by atoms with Crippen LogP contribution in [0.3, 0.4) is 0 Å². The van der Waals surface area contributed by atoms with Gasteiger partial charge in [-0.15, -0.1) is 0 Å². The minimum atomic E-state index is -0.475. The summed E-state index contributed by atoms with van der Waals surface area (Å²) < 4.78 is 0. The van der Waals surface area contributed by atoms with E-state index in [9.17, 15) is 19.2 Å². The summed E-state index contributed by atoms with van der Waals surface area (Å²) in [6, 6.07) is 0. The molecule has 136 valence electrons. The summed E-state index contributed by atoms with van der Waals surface area (Å²) in [4.78, 5) is 43.2. The van der Waals surface area contributed by atoms with Crippen LogP contribution < -0.4 is 10.6 Å². The van der Waals surface area contributed by atoms with Gasteiger partial charge in [-0.3, -0.25) is 19.2 Å². The quantitative estimate of drug-likeness (QED) is 0.663. The molecule has 6 nitrogen and oxygen atoms in total. The molecule has 0 aliphatic heterocycles. The Labute approximate surface area is 144 Å². The minimum Gasteiger partial charge on any atom is -0.347 e. The molecule has 0 unspecified atom stereocenters. The lowest BCUT2D eigenvalue weighted by molar-refractivity contribution is -0.122. The third-order valence-electron chi connectivity index (χ3n) is 2.68. The highest BCUT2D eigenvalue weighted by Gasteiger charge is 2.21. The Morgan fingerprint density at radius 2 is 1.00 bits per heavy atom. The van der Waals surface area contributed by atoms with Crippen LogP contribution in [0.2, 0.25) is 0 Å². The van der Waals surface area contributed by atoms with E-state index in [1.54, 1.807) is 27.7 Å². The highest BCUT2D eigenvalue weighted by Crippen LogP contribution is 2.08. The lowest BCUT2D eigenvalue weighted by Gasteiger charge is -2.23. The number of hydrogen-bond donors (Lipinski definition) is 2. The first-order valence-electron chi connectivity index (χ1n) is 7.62. The topological polar surface area (TPSA) is 92.3 Å². The molecule has 6 heteroatoms. The van der Waals surface area contributed by atoms with Crippen LogP contribution in [0.1, 0.15) is 54.4 Å². The Bertz CT molecular complexity index is 459. The molecule has 0 saturated heterocycles. The van der Waals surface area contributed by atoms with Crippen LogP contribution in [0.25, 0.3) is 0 Å². The van der Waals surface area contributed by atoms with Gasteiger partial charge in [0.2, 0.25) is 11.8 Å². The van der Waals surface area contributed by atoms with E-state index in [-0.39, 0.29) is 23.4 Å². The summed E-state index contributed by atoms with van der Waals surface area (Å²) in [5.41, 5.74) is -0.950. The Balaban J connectivity index is 0. The smallest absolute Gasteiger partial charge is 0.243 e. The predicted molar refractivity (Wildman–Crippen MR) is 95.4 cm³/mol. The van der Waals surface area contributed by atoms with Gasteiger partial charge in [0.1, 0.15) is 11.6 Å². The monoisotopic (exact) mass is 338 g/mol. The molecule has 0 aliphatic carbocycles. The molecule has 0 atom stereocenters. The van der Waals surface area contributed by atoms with E-state index < -0.39 is 11.1 Å². The van der Waals surface area contributed by atoms with Crippen molar-refractivity contribution in [1.82, 2.24) is 10.6 Å². The fraction of sp³-hybridized carbons (Fsp3) is 0.556. The van der Waals surface area contributed by atoms with Gasteiger partial charge >= 0.3 is 0 Å². The summed E-state index contributed by atoms with van der Waals surface area (Å²) >= 11 is 0. The molecule has 0 aliphatic rings. The van der Waals surface area contributed by atoms with E-state index >= 15 is 0 Å². The first-order valence-corrected chi connectivity index (χ1v) is 7.62. The van der Waals surface area contributed by atoms with Crippen LogP contribution in [0.5, 0.6) is 0 Å². The van der Waals surface area contributed by atoms with Crippen LogP contribution in [-0.4, -0.2) is 34.5 Å². The number of carbonyl (C=O) groups excluding carboxylic acids is 4. The average molecular weight is 338 g/mol. The Morgan fingerprint density at radius 1 is 0.750 bits per heavy atom. The highest BCUT2D eigenvalue weighted by atomic mass is 16.2. The molecular formula is C18H30N2O4. The van der Waals surface area contributed by atoms with Gasteiger partial charge in [-0.05, 0) is 53.7 Å². The average Bonchev–Trinajstić information content (AvgIpc) is 2.34. The normalized spacial score (nSPS) is 10.6. The molecule has 0 spiro atoms. The second-order valence-electron chi connectivity index (χ2n) is 6.91. The molecule has 0 rings (SSSR count). The molecular weight excluding hydrogens is 308 g/mol. The zero-order valence-electron chi connectivity index (χ0n) is 15.6. The molecule has 0 fully saturated rings. The van der Waals surface area contributed by atoms with E-state index in [2.05, 4.69) is 23.8 Å². The second-order valence-corrected chi connectivity index (χ2v) is 6.91. The molecule has 0 heterocycles. The van der Waals surface area contributed by atoms with Crippen molar-refractivity contribution >= 4 is 23.4 Å². The zero-order chi connectivity index (χ0) is 19.6. The number of ketones is 2. The lowest BCUT2D eigenvalue weighted by Crippen LogP contribution is -2.43. The van der Waals surface area contributed by atoms with Crippen LogP contribution in [-0.2, 0) is 19.2 Å². The van der Waals surface area contributed by atoms with E-state index in [1.807, 2.05) is 0 Å². The van der Waals surface area contributed by atoms with Crippen LogP contribution in [0.4, 0.5) is 0 Å². The van der Waals surface area contributed by atoms with Crippen molar-refractivity contribution in [1.29, 1.82) is 0 Å². The third kappa shape index (κ3) is 14.7. The Hall–Kier alpha value is -2.24. The fourth-order valence-corrected chi connectivity index (χ4v) is 2.10. The first-order chi connectivity index (χ1) is 10.7.